The molecule has 1 rings (SSSR count). The van der Waals surface area contributed by atoms with Gasteiger partial charge in [0.2, 0.25) is 0 Å². The molecular weight excluding hydrogens is 214 g/mol. The van der Waals surface area contributed by atoms with Gasteiger partial charge < -0.3 is 5.11 Å². The first kappa shape index (κ1) is 10.2. The Kier molecular flexibility index (Phi) is 2.69. The third kappa shape index (κ3) is 1.87. The molecule has 0 saturated carbocycles. The zero-order valence-electron chi connectivity index (χ0n) is 6.64. The maximum atomic E-state index is 11.2. The quantitative estimate of drug-likeness (QED) is 0.771. The number of aromatic carboxylic acids is 1. The number of carboxylic acid groups (broad SMARTS) is 1. The molecule has 0 aliphatic carbocycles. The summed E-state index contributed by atoms with van der Waals surface area (Å²) in [6.45, 7) is 0. The van der Waals surface area contributed by atoms with Crippen molar-refractivity contribution in [3.8, 4) is 0 Å². The molecule has 0 aliphatic rings. The fourth-order valence-electron chi connectivity index (χ4n) is 0.755. The van der Waals surface area contributed by atoms with E-state index in [2.05, 4.69) is 4.72 Å². The summed E-state index contributed by atoms with van der Waals surface area (Å²) in [5, 5.41) is 10.1. The number of sulfonamides is 1. The van der Waals surface area contributed by atoms with Crippen molar-refractivity contribution in [3.63, 3.8) is 0 Å². The molecule has 1 aromatic rings. The minimum Gasteiger partial charge on any atom is -0.478 e. The second-order valence-corrected chi connectivity index (χ2v) is 5.13. The number of hydrogen-bond acceptors (Lipinski definition) is 4. The van der Waals surface area contributed by atoms with Crippen molar-refractivity contribution < 1.29 is 18.3 Å². The SMILES string of the molecule is CNS(=O)(=O)c1sccc1C(=O)O. The maximum absolute atomic E-state index is 11.2. The highest BCUT2D eigenvalue weighted by Crippen LogP contribution is 2.21. The van der Waals surface area contributed by atoms with Gasteiger partial charge in [0, 0.05) is 0 Å². The number of carboxylic acids is 1. The molecule has 1 heterocycles. The average molecular weight is 221 g/mol. The van der Waals surface area contributed by atoms with E-state index in [4.69, 9.17) is 5.11 Å². The van der Waals surface area contributed by atoms with Crippen molar-refractivity contribution in [2.24, 2.45) is 0 Å². The normalized spacial score (nSPS) is 11.5. The summed E-state index contributed by atoms with van der Waals surface area (Å²) in [5.74, 6) is -1.24. The molecule has 0 radical (unpaired) electrons. The van der Waals surface area contributed by atoms with Crippen molar-refractivity contribution in [3.05, 3.63) is 17.0 Å². The predicted molar refractivity (Wildman–Crippen MR) is 47.5 cm³/mol. The molecule has 72 valence electrons. The molecule has 5 nitrogen and oxygen atoms in total. The molecule has 0 bridgehead atoms. The lowest BCUT2D eigenvalue weighted by Crippen LogP contribution is -2.19. The lowest BCUT2D eigenvalue weighted by molar-refractivity contribution is 0.0693. The van der Waals surface area contributed by atoms with E-state index in [1.165, 1.54) is 18.5 Å². The van der Waals surface area contributed by atoms with Crippen molar-refractivity contribution in [1.82, 2.24) is 4.72 Å². The Morgan fingerprint density at radius 2 is 2.23 bits per heavy atom. The summed E-state index contributed by atoms with van der Waals surface area (Å²) < 4.78 is 24.3. The van der Waals surface area contributed by atoms with Gasteiger partial charge >= 0.3 is 5.97 Å². The Hall–Kier alpha value is -0.920. The highest BCUT2D eigenvalue weighted by atomic mass is 32.2. The third-order valence-corrected chi connectivity index (χ3v) is 4.27. The van der Waals surface area contributed by atoms with E-state index in [0.29, 0.717) is 0 Å². The number of thiophene rings is 1. The summed E-state index contributed by atoms with van der Waals surface area (Å²) in [5.41, 5.74) is -0.195. The molecule has 0 unspecified atom stereocenters. The van der Waals surface area contributed by atoms with Crippen LogP contribution in [0.25, 0.3) is 0 Å². The molecular formula is C6H7NO4S2. The lowest BCUT2D eigenvalue weighted by atomic mass is 10.4. The summed E-state index contributed by atoms with van der Waals surface area (Å²) in [4.78, 5) is 10.6. The van der Waals surface area contributed by atoms with E-state index in [0.717, 1.165) is 11.3 Å². The Morgan fingerprint density at radius 1 is 1.62 bits per heavy atom. The van der Waals surface area contributed by atoms with Gasteiger partial charge in [-0.05, 0) is 18.5 Å². The van der Waals surface area contributed by atoms with Gasteiger partial charge in [-0.3, -0.25) is 0 Å². The van der Waals surface area contributed by atoms with Crippen LogP contribution in [0.2, 0.25) is 0 Å². The maximum Gasteiger partial charge on any atom is 0.337 e. The van der Waals surface area contributed by atoms with Gasteiger partial charge in [0.25, 0.3) is 10.0 Å². The number of carbonyl (C=O) groups is 1. The summed E-state index contributed by atoms with van der Waals surface area (Å²) in [6, 6.07) is 1.26. The molecule has 0 aliphatic heterocycles. The molecule has 0 amide bonds. The molecule has 0 fully saturated rings. The largest absolute Gasteiger partial charge is 0.478 e. The van der Waals surface area contributed by atoms with Gasteiger partial charge in [0.15, 0.2) is 0 Å². The molecule has 1 aromatic heterocycles. The first-order valence-corrected chi connectivity index (χ1v) is 5.59. The highest BCUT2D eigenvalue weighted by molar-refractivity contribution is 7.91. The average Bonchev–Trinajstić information content (AvgIpc) is 2.52. The Bertz CT molecular complexity index is 420. The summed E-state index contributed by atoms with van der Waals surface area (Å²) in [6.07, 6.45) is 0. The van der Waals surface area contributed by atoms with Crippen LogP contribution in [-0.2, 0) is 10.0 Å². The molecule has 0 saturated heterocycles. The van der Waals surface area contributed by atoms with Gasteiger partial charge in [0.05, 0.1) is 5.56 Å². The van der Waals surface area contributed by atoms with Gasteiger partial charge in [-0.2, -0.15) is 0 Å². The van der Waals surface area contributed by atoms with Crippen LogP contribution in [0.5, 0.6) is 0 Å². The Morgan fingerprint density at radius 3 is 2.69 bits per heavy atom. The molecule has 0 atom stereocenters. The molecule has 13 heavy (non-hydrogen) atoms. The minimum atomic E-state index is -3.64. The number of rotatable bonds is 3. The first-order chi connectivity index (χ1) is 5.99. The standard InChI is InChI=1S/C6H7NO4S2/c1-7-13(10,11)6-4(5(8)9)2-3-12-6/h2-3,7H,1H3,(H,8,9). The second-order valence-electron chi connectivity index (χ2n) is 2.13. The van der Waals surface area contributed by atoms with Gasteiger partial charge in [-0.1, -0.05) is 0 Å². The number of hydrogen-bond donors (Lipinski definition) is 2. The van der Waals surface area contributed by atoms with Crippen LogP contribution in [-0.4, -0.2) is 26.5 Å². The van der Waals surface area contributed by atoms with Gasteiger partial charge in [0.1, 0.15) is 4.21 Å². The van der Waals surface area contributed by atoms with Crippen LogP contribution in [0, 0.1) is 0 Å². The first-order valence-electron chi connectivity index (χ1n) is 3.23. The lowest BCUT2D eigenvalue weighted by Gasteiger charge is -1.99. The Balaban J connectivity index is 3.31. The van der Waals surface area contributed by atoms with Crippen LogP contribution in [0.1, 0.15) is 10.4 Å². The zero-order chi connectivity index (χ0) is 10.1. The van der Waals surface area contributed by atoms with Crippen LogP contribution in [0.15, 0.2) is 15.7 Å². The van der Waals surface area contributed by atoms with Crippen molar-refractivity contribution in [2.75, 3.05) is 7.05 Å². The molecule has 7 heteroatoms. The van der Waals surface area contributed by atoms with E-state index < -0.39 is 16.0 Å². The van der Waals surface area contributed by atoms with E-state index in [-0.39, 0.29) is 9.77 Å². The Labute approximate surface area is 79.1 Å². The zero-order valence-corrected chi connectivity index (χ0v) is 8.28. The minimum absolute atomic E-state index is 0.164. The second kappa shape index (κ2) is 3.44. The van der Waals surface area contributed by atoms with Crippen LogP contribution in [0.4, 0.5) is 0 Å². The van der Waals surface area contributed by atoms with E-state index in [9.17, 15) is 13.2 Å². The molecule has 2 N–H and O–H groups in total. The third-order valence-electron chi connectivity index (χ3n) is 1.37. The summed E-state index contributed by atoms with van der Waals surface area (Å²) >= 11 is 0.878. The van der Waals surface area contributed by atoms with Crippen LogP contribution < -0.4 is 4.72 Å². The van der Waals surface area contributed by atoms with E-state index in [1.807, 2.05) is 0 Å². The van der Waals surface area contributed by atoms with E-state index in [1.54, 1.807) is 0 Å². The van der Waals surface area contributed by atoms with Crippen molar-refractivity contribution in [2.45, 2.75) is 4.21 Å². The monoisotopic (exact) mass is 221 g/mol. The van der Waals surface area contributed by atoms with Crippen molar-refractivity contribution in [1.29, 1.82) is 0 Å². The van der Waals surface area contributed by atoms with Crippen LogP contribution >= 0.6 is 11.3 Å². The fourth-order valence-corrected chi connectivity index (χ4v) is 2.92. The fraction of sp³-hybridized carbons (Fsp3) is 0.167. The highest BCUT2D eigenvalue weighted by Gasteiger charge is 2.21. The smallest absolute Gasteiger partial charge is 0.337 e. The van der Waals surface area contributed by atoms with Crippen molar-refractivity contribution >= 4 is 27.3 Å². The topological polar surface area (TPSA) is 83.5 Å². The predicted octanol–water partition coefficient (Wildman–Crippen LogP) is 0.354. The van der Waals surface area contributed by atoms with E-state index >= 15 is 0 Å². The van der Waals surface area contributed by atoms with Gasteiger partial charge in [-0.25, -0.2) is 17.9 Å². The summed E-state index contributed by atoms with van der Waals surface area (Å²) in [7, 11) is -2.41. The molecule has 0 aromatic carbocycles. The van der Waals surface area contributed by atoms with Gasteiger partial charge in [-0.15, -0.1) is 11.3 Å². The molecule has 0 spiro atoms. The van der Waals surface area contributed by atoms with Crippen LogP contribution in [0.3, 0.4) is 0 Å². The number of nitrogens with one attached hydrogen (secondary N) is 1.